The average molecular weight is 321 g/mol. The highest BCUT2D eigenvalue weighted by Crippen LogP contribution is 2.44. The van der Waals surface area contributed by atoms with Crippen molar-refractivity contribution in [3.8, 4) is 17.3 Å². The third-order valence-corrected chi connectivity index (χ3v) is 3.21. The largest absolute Gasteiger partial charge is 0.418 e. The van der Waals surface area contributed by atoms with Gasteiger partial charge in [-0.05, 0) is 6.07 Å². The highest BCUT2D eigenvalue weighted by Gasteiger charge is 2.35. The number of hydrogen-bond donors (Lipinski definition) is 2. The molecule has 4 nitrogen and oxygen atoms in total. The molecule has 0 saturated carbocycles. The van der Waals surface area contributed by atoms with Gasteiger partial charge in [0.2, 0.25) is 0 Å². The lowest BCUT2D eigenvalue weighted by Crippen LogP contribution is -2.10. The number of halogens is 5. The molecule has 0 amide bonds. The van der Waals surface area contributed by atoms with Gasteiger partial charge in [-0.25, -0.2) is 0 Å². The molecule has 2 aromatic rings. The number of anilines is 1. The molecular weight excluding hydrogens is 316 g/mol. The van der Waals surface area contributed by atoms with E-state index >= 15 is 0 Å². The smallest absolute Gasteiger partial charge is 0.397 e. The number of nitriles is 1. The van der Waals surface area contributed by atoms with Gasteiger partial charge >= 0.3 is 6.18 Å². The summed E-state index contributed by atoms with van der Waals surface area (Å²) in [5, 5.41) is 14.2. The first-order valence-corrected chi connectivity index (χ1v) is 5.82. The molecule has 0 bridgehead atoms. The number of aromatic nitrogens is 2. The van der Waals surface area contributed by atoms with Gasteiger partial charge < -0.3 is 5.73 Å². The molecule has 20 heavy (non-hydrogen) atoms. The minimum atomic E-state index is -4.66. The van der Waals surface area contributed by atoms with Crippen LogP contribution in [0.2, 0.25) is 10.0 Å². The predicted molar refractivity (Wildman–Crippen MR) is 68.2 cm³/mol. The van der Waals surface area contributed by atoms with Crippen LogP contribution in [0.5, 0.6) is 0 Å². The summed E-state index contributed by atoms with van der Waals surface area (Å²) in [6.45, 7) is 0. The molecule has 0 fully saturated rings. The monoisotopic (exact) mass is 320 g/mol. The topological polar surface area (TPSA) is 78.5 Å². The summed E-state index contributed by atoms with van der Waals surface area (Å²) < 4.78 is 38.2. The predicted octanol–water partition coefficient (Wildman–Crippen LogP) is 3.86. The van der Waals surface area contributed by atoms with Gasteiger partial charge in [-0.15, -0.1) is 0 Å². The highest BCUT2D eigenvalue weighted by atomic mass is 35.5. The number of nitrogen functional groups attached to an aromatic ring is 1. The van der Waals surface area contributed by atoms with Gasteiger partial charge in [0.15, 0.2) is 5.69 Å². The molecule has 0 radical (unpaired) electrons. The lowest BCUT2D eigenvalue weighted by atomic mass is 10.1. The SMILES string of the molecule is N#Cc1cc(-c2c(Cl)cc(C(F)(F)F)c(N)c2Cl)[nH]n1. The van der Waals surface area contributed by atoms with Crippen LogP contribution in [0.15, 0.2) is 12.1 Å². The quantitative estimate of drug-likeness (QED) is 0.783. The summed E-state index contributed by atoms with van der Waals surface area (Å²) in [5.74, 6) is 0. The number of aromatic amines is 1. The Morgan fingerprint density at radius 3 is 2.45 bits per heavy atom. The number of nitrogens with two attached hydrogens (primary N) is 1. The van der Waals surface area contributed by atoms with Gasteiger partial charge in [0.05, 0.1) is 27.0 Å². The fraction of sp³-hybridized carbons (Fsp3) is 0.0909. The number of rotatable bonds is 1. The number of benzene rings is 1. The third kappa shape index (κ3) is 2.40. The van der Waals surface area contributed by atoms with Crippen LogP contribution in [0, 0.1) is 11.3 Å². The van der Waals surface area contributed by atoms with E-state index in [1.54, 1.807) is 6.07 Å². The van der Waals surface area contributed by atoms with Gasteiger partial charge in [-0.1, -0.05) is 23.2 Å². The van der Waals surface area contributed by atoms with Crippen LogP contribution in [0.25, 0.3) is 11.3 Å². The molecule has 0 unspecified atom stereocenters. The Kier molecular flexibility index (Phi) is 3.54. The average Bonchev–Trinajstić information content (AvgIpc) is 2.81. The molecule has 0 aliphatic rings. The Bertz CT molecular complexity index is 716. The molecule has 1 aromatic heterocycles. The lowest BCUT2D eigenvalue weighted by molar-refractivity contribution is -0.136. The van der Waals surface area contributed by atoms with E-state index in [1.165, 1.54) is 6.07 Å². The Morgan fingerprint density at radius 2 is 1.95 bits per heavy atom. The van der Waals surface area contributed by atoms with E-state index in [4.69, 9.17) is 34.2 Å². The van der Waals surface area contributed by atoms with Crippen LogP contribution < -0.4 is 5.73 Å². The standard InChI is InChI=1S/C11H5Cl2F3N4/c12-6-2-5(11(14,15)16)10(18)9(13)8(6)7-1-4(3-17)19-20-7/h1-2H,18H2,(H,19,20). The Hall–Kier alpha value is -1.91. The normalized spacial score (nSPS) is 11.4. The zero-order chi connectivity index (χ0) is 15.1. The number of alkyl halides is 3. The van der Waals surface area contributed by atoms with Crippen molar-refractivity contribution in [1.82, 2.24) is 10.2 Å². The number of hydrogen-bond acceptors (Lipinski definition) is 3. The minimum absolute atomic E-state index is 0.0469. The molecule has 2 rings (SSSR count). The number of H-pyrrole nitrogens is 1. The van der Waals surface area contributed by atoms with Gasteiger partial charge in [0.1, 0.15) is 6.07 Å². The van der Waals surface area contributed by atoms with E-state index in [2.05, 4.69) is 10.2 Å². The van der Waals surface area contributed by atoms with E-state index < -0.39 is 17.4 Å². The molecule has 0 aliphatic carbocycles. The molecule has 9 heteroatoms. The van der Waals surface area contributed by atoms with E-state index in [9.17, 15) is 13.2 Å². The maximum absolute atomic E-state index is 12.7. The summed E-state index contributed by atoms with van der Waals surface area (Å²) in [4.78, 5) is 0. The summed E-state index contributed by atoms with van der Waals surface area (Å²) in [6.07, 6.45) is -4.66. The molecular formula is C11H5Cl2F3N4. The van der Waals surface area contributed by atoms with Crippen LogP contribution in [0.4, 0.5) is 18.9 Å². The molecule has 3 N–H and O–H groups in total. The van der Waals surface area contributed by atoms with Gasteiger partial charge in [-0.3, -0.25) is 5.10 Å². The first-order chi connectivity index (χ1) is 9.25. The van der Waals surface area contributed by atoms with Crippen molar-refractivity contribution >= 4 is 28.9 Å². The van der Waals surface area contributed by atoms with E-state index in [1.807, 2.05) is 0 Å². The van der Waals surface area contributed by atoms with E-state index in [0.29, 0.717) is 6.07 Å². The summed E-state index contributed by atoms with van der Waals surface area (Å²) in [7, 11) is 0. The summed E-state index contributed by atoms with van der Waals surface area (Å²) in [5.41, 5.74) is 3.97. The second-order valence-electron chi connectivity index (χ2n) is 3.79. The van der Waals surface area contributed by atoms with Crippen LogP contribution in [-0.2, 0) is 6.18 Å². The van der Waals surface area contributed by atoms with Crippen molar-refractivity contribution in [3.63, 3.8) is 0 Å². The first kappa shape index (κ1) is 14.5. The zero-order valence-corrected chi connectivity index (χ0v) is 11.0. The third-order valence-electron chi connectivity index (χ3n) is 2.52. The van der Waals surface area contributed by atoms with Crippen LogP contribution in [-0.4, -0.2) is 10.2 Å². The van der Waals surface area contributed by atoms with E-state index in [0.717, 1.165) is 0 Å². The molecule has 0 saturated heterocycles. The molecule has 0 atom stereocenters. The number of nitrogens with zero attached hydrogens (tertiary/aromatic N) is 2. The van der Waals surface area contributed by atoms with Crippen molar-refractivity contribution in [2.75, 3.05) is 5.73 Å². The Labute approximate surface area is 120 Å². The first-order valence-electron chi connectivity index (χ1n) is 5.06. The fourth-order valence-corrected chi connectivity index (χ4v) is 2.28. The van der Waals surface area contributed by atoms with Crippen LogP contribution in [0.1, 0.15) is 11.3 Å². The second-order valence-corrected chi connectivity index (χ2v) is 4.57. The Morgan fingerprint density at radius 1 is 1.30 bits per heavy atom. The van der Waals surface area contributed by atoms with Crippen molar-refractivity contribution in [2.45, 2.75) is 6.18 Å². The van der Waals surface area contributed by atoms with Crippen molar-refractivity contribution in [1.29, 1.82) is 5.26 Å². The Balaban J connectivity index is 2.68. The van der Waals surface area contributed by atoms with Gasteiger partial charge in [0, 0.05) is 11.6 Å². The molecule has 104 valence electrons. The molecule has 1 heterocycles. The van der Waals surface area contributed by atoms with Crippen LogP contribution in [0.3, 0.4) is 0 Å². The van der Waals surface area contributed by atoms with Crippen LogP contribution >= 0.6 is 23.2 Å². The molecule has 0 spiro atoms. The minimum Gasteiger partial charge on any atom is -0.397 e. The highest BCUT2D eigenvalue weighted by molar-refractivity contribution is 6.41. The van der Waals surface area contributed by atoms with Gasteiger partial charge in [-0.2, -0.15) is 23.5 Å². The number of nitrogens with one attached hydrogen (secondary N) is 1. The molecule has 0 aliphatic heterocycles. The van der Waals surface area contributed by atoms with Crippen molar-refractivity contribution in [3.05, 3.63) is 33.4 Å². The van der Waals surface area contributed by atoms with Crippen molar-refractivity contribution < 1.29 is 13.2 Å². The van der Waals surface area contributed by atoms with E-state index in [-0.39, 0.29) is 27.0 Å². The lowest BCUT2D eigenvalue weighted by Gasteiger charge is -2.15. The second kappa shape index (κ2) is 4.89. The molecule has 1 aromatic carbocycles. The van der Waals surface area contributed by atoms with Crippen molar-refractivity contribution in [2.24, 2.45) is 0 Å². The fourth-order valence-electron chi connectivity index (χ4n) is 1.62. The summed E-state index contributed by atoms with van der Waals surface area (Å²) >= 11 is 11.7. The summed E-state index contributed by atoms with van der Waals surface area (Å²) in [6, 6.07) is 3.76. The van der Waals surface area contributed by atoms with Gasteiger partial charge in [0.25, 0.3) is 0 Å². The maximum Gasteiger partial charge on any atom is 0.418 e. The zero-order valence-electron chi connectivity index (χ0n) is 9.52. The maximum atomic E-state index is 12.7.